The Hall–Kier alpha value is -0.890. The van der Waals surface area contributed by atoms with Gasteiger partial charge in [0.25, 0.3) is 0 Å². The van der Waals surface area contributed by atoms with E-state index in [1.54, 1.807) is 4.68 Å². The maximum absolute atomic E-state index is 11.7. The van der Waals surface area contributed by atoms with Crippen molar-refractivity contribution < 1.29 is 18.3 Å². The van der Waals surface area contributed by atoms with E-state index in [9.17, 15) is 13.2 Å². The second-order valence-corrected chi connectivity index (χ2v) is 6.66. The van der Waals surface area contributed by atoms with E-state index in [-0.39, 0.29) is 5.75 Å². The van der Waals surface area contributed by atoms with E-state index < -0.39 is 21.6 Å². The van der Waals surface area contributed by atoms with Gasteiger partial charge in [0, 0.05) is 6.54 Å². The number of carbonyl (C=O) groups is 1. The molecular weight excluding hydrogens is 324 g/mol. The van der Waals surface area contributed by atoms with Crippen molar-refractivity contribution in [3.63, 3.8) is 0 Å². The van der Waals surface area contributed by atoms with Crippen LogP contribution >= 0.6 is 15.9 Å². The van der Waals surface area contributed by atoms with Gasteiger partial charge >= 0.3 is 5.97 Å². The molecule has 1 rings (SSSR count). The van der Waals surface area contributed by atoms with Crippen molar-refractivity contribution in [3.8, 4) is 0 Å². The molecule has 1 heterocycles. The molecule has 102 valence electrons. The number of halogens is 1. The standard InChI is InChI=1S/C10H15BrN2O4S/c1-3-7-10(11)8(13(4-2)12-7)5-18(16,17)6-9(14)15/h3-6H2,1-2H3,(H,14,15). The Morgan fingerprint density at radius 2 is 2.06 bits per heavy atom. The van der Waals surface area contributed by atoms with Gasteiger partial charge in [0.15, 0.2) is 9.84 Å². The third-order valence-corrected chi connectivity index (χ3v) is 4.71. The van der Waals surface area contributed by atoms with Gasteiger partial charge in [-0.1, -0.05) is 6.92 Å². The van der Waals surface area contributed by atoms with Crippen molar-refractivity contribution in [3.05, 3.63) is 15.9 Å². The molecule has 0 unspecified atom stereocenters. The summed E-state index contributed by atoms with van der Waals surface area (Å²) >= 11 is 3.33. The Morgan fingerprint density at radius 1 is 1.44 bits per heavy atom. The summed E-state index contributed by atoms with van der Waals surface area (Å²) in [4.78, 5) is 10.5. The third-order valence-electron chi connectivity index (χ3n) is 2.39. The molecular formula is C10H15BrN2O4S. The molecule has 0 saturated carbocycles. The summed E-state index contributed by atoms with van der Waals surface area (Å²) in [6, 6.07) is 0. The summed E-state index contributed by atoms with van der Waals surface area (Å²) < 4.78 is 25.6. The molecule has 0 amide bonds. The highest BCUT2D eigenvalue weighted by Gasteiger charge is 2.22. The second kappa shape index (κ2) is 5.83. The quantitative estimate of drug-likeness (QED) is 0.842. The van der Waals surface area contributed by atoms with Gasteiger partial charge in [0.1, 0.15) is 5.75 Å². The number of aryl methyl sites for hydroxylation is 2. The number of nitrogens with zero attached hydrogens (tertiary/aromatic N) is 2. The second-order valence-electron chi connectivity index (χ2n) is 3.80. The molecule has 0 aliphatic carbocycles. The average Bonchev–Trinajstić information content (AvgIpc) is 2.53. The lowest BCUT2D eigenvalue weighted by Crippen LogP contribution is -2.19. The molecule has 0 aromatic carbocycles. The molecule has 0 atom stereocenters. The Morgan fingerprint density at radius 3 is 2.50 bits per heavy atom. The predicted octanol–water partition coefficient (Wildman–Crippen LogP) is 1.23. The lowest BCUT2D eigenvalue weighted by molar-refractivity contribution is -0.134. The van der Waals surface area contributed by atoms with E-state index in [0.29, 0.717) is 23.1 Å². The highest BCUT2D eigenvalue weighted by molar-refractivity contribution is 9.10. The maximum atomic E-state index is 11.7. The molecule has 1 N–H and O–H groups in total. The van der Waals surface area contributed by atoms with E-state index in [4.69, 9.17) is 5.11 Å². The number of carboxylic acid groups (broad SMARTS) is 1. The first kappa shape index (κ1) is 15.2. The number of aliphatic carboxylic acids is 1. The van der Waals surface area contributed by atoms with Gasteiger partial charge in [0.2, 0.25) is 0 Å². The molecule has 0 fully saturated rings. The zero-order valence-electron chi connectivity index (χ0n) is 10.2. The fraction of sp³-hybridized carbons (Fsp3) is 0.600. The van der Waals surface area contributed by atoms with E-state index in [2.05, 4.69) is 21.0 Å². The number of carboxylic acids is 1. The largest absolute Gasteiger partial charge is 0.480 e. The van der Waals surface area contributed by atoms with Crippen LogP contribution in [-0.2, 0) is 33.4 Å². The van der Waals surface area contributed by atoms with Crippen LogP contribution in [0.4, 0.5) is 0 Å². The SMILES string of the molecule is CCc1nn(CC)c(CS(=O)(=O)CC(=O)O)c1Br. The van der Waals surface area contributed by atoms with Crippen LogP contribution in [0, 0.1) is 0 Å². The van der Waals surface area contributed by atoms with E-state index in [0.717, 1.165) is 5.69 Å². The summed E-state index contributed by atoms with van der Waals surface area (Å²) in [7, 11) is -3.67. The van der Waals surface area contributed by atoms with Gasteiger partial charge in [-0.25, -0.2) is 8.42 Å². The average molecular weight is 339 g/mol. The fourth-order valence-electron chi connectivity index (χ4n) is 1.60. The molecule has 0 aliphatic rings. The Bertz CT molecular complexity index is 550. The summed E-state index contributed by atoms with van der Waals surface area (Å²) in [6.45, 7) is 4.31. The van der Waals surface area contributed by atoms with Crippen LogP contribution in [0.5, 0.6) is 0 Å². The fourth-order valence-corrected chi connectivity index (χ4v) is 3.68. The summed E-state index contributed by atoms with van der Waals surface area (Å²) in [5.41, 5.74) is 1.29. The minimum absolute atomic E-state index is 0.319. The number of rotatable bonds is 6. The Labute approximate surface area is 114 Å². The molecule has 0 spiro atoms. The first-order valence-electron chi connectivity index (χ1n) is 5.47. The van der Waals surface area contributed by atoms with Gasteiger partial charge in [-0.15, -0.1) is 0 Å². The monoisotopic (exact) mass is 338 g/mol. The van der Waals surface area contributed by atoms with Crippen LogP contribution in [0.25, 0.3) is 0 Å². The van der Waals surface area contributed by atoms with E-state index in [1.165, 1.54) is 0 Å². The summed E-state index contributed by atoms with van der Waals surface area (Å²) in [5.74, 6) is -2.53. The van der Waals surface area contributed by atoms with Crippen LogP contribution in [0.2, 0.25) is 0 Å². The lowest BCUT2D eigenvalue weighted by Gasteiger charge is -2.05. The molecule has 0 saturated heterocycles. The first-order chi connectivity index (χ1) is 8.30. The molecule has 0 bridgehead atoms. The van der Waals surface area contributed by atoms with E-state index >= 15 is 0 Å². The number of sulfone groups is 1. The molecule has 18 heavy (non-hydrogen) atoms. The molecule has 0 radical (unpaired) electrons. The van der Waals surface area contributed by atoms with Gasteiger partial charge in [-0.05, 0) is 29.3 Å². The zero-order chi connectivity index (χ0) is 13.9. The van der Waals surface area contributed by atoms with Crippen molar-refractivity contribution >= 4 is 31.7 Å². The summed E-state index contributed by atoms with van der Waals surface area (Å²) in [5, 5.41) is 12.8. The predicted molar refractivity (Wildman–Crippen MR) is 70.1 cm³/mol. The lowest BCUT2D eigenvalue weighted by atomic mass is 10.3. The van der Waals surface area contributed by atoms with Crippen molar-refractivity contribution in [1.29, 1.82) is 0 Å². The molecule has 0 aliphatic heterocycles. The first-order valence-corrected chi connectivity index (χ1v) is 8.08. The highest BCUT2D eigenvalue weighted by Crippen LogP contribution is 2.24. The normalized spacial score (nSPS) is 11.7. The molecule has 1 aromatic heterocycles. The zero-order valence-corrected chi connectivity index (χ0v) is 12.6. The minimum Gasteiger partial charge on any atom is -0.480 e. The van der Waals surface area contributed by atoms with Crippen LogP contribution in [0.15, 0.2) is 4.47 Å². The van der Waals surface area contributed by atoms with E-state index in [1.807, 2.05) is 13.8 Å². The maximum Gasteiger partial charge on any atom is 0.318 e. The Kier molecular flexibility index (Phi) is 4.92. The highest BCUT2D eigenvalue weighted by atomic mass is 79.9. The van der Waals surface area contributed by atoms with Crippen LogP contribution < -0.4 is 0 Å². The Balaban J connectivity index is 3.10. The summed E-state index contributed by atoms with van der Waals surface area (Å²) in [6.07, 6.45) is 0.680. The number of hydrogen-bond acceptors (Lipinski definition) is 4. The van der Waals surface area contributed by atoms with Gasteiger partial charge in [-0.2, -0.15) is 5.10 Å². The third kappa shape index (κ3) is 3.55. The van der Waals surface area contributed by atoms with Gasteiger partial charge < -0.3 is 5.11 Å². The van der Waals surface area contributed by atoms with Crippen molar-refractivity contribution in [2.75, 3.05) is 5.75 Å². The van der Waals surface area contributed by atoms with Gasteiger partial charge in [-0.3, -0.25) is 9.48 Å². The molecule has 6 nitrogen and oxygen atoms in total. The van der Waals surface area contributed by atoms with Crippen molar-refractivity contribution in [2.45, 2.75) is 32.6 Å². The van der Waals surface area contributed by atoms with Gasteiger partial charge in [0.05, 0.1) is 21.6 Å². The van der Waals surface area contributed by atoms with Crippen molar-refractivity contribution in [2.24, 2.45) is 0 Å². The topological polar surface area (TPSA) is 89.3 Å². The minimum atomic E-state index is -3.67. The van der Waals surface area contributed by atoms with Crippen LogP contribution in [0.1, 0.15) is 25.2 Å². The molecule has 8 heteroatoms. The van der Waals surface area contributed by atoms with Crippen LogP contribution in [0.3, 0.4) is 0 Å². The van der Waals surface area contributed by atoms with Crippen molar-refractivity contribution in [1.82, 2.24) is 9.78 Å². The van der Waals surface area contributed by atoms with Crippen LogP contribution in [-0.4, -0.2) is 35.0 Å². The smallest absolute Gasteiger partial charge is 0.318 e. The number of hydrogen-bond donors (Lipinski definition) is 1. The molecule has 1 aromatic rings. The number of aromatic nitrogens is 2.